The van der Waals surface area contributed by atoms with E-state index in [9.17, 15) is 9.59 Å². The smallest absolute Gasteiger partial charge is 0.409 e. The monoisotopic (exact) mass is 319 g/mol. The first-order valence-corrected chi connectivity index (χ1v) is 7.89. The number of nitrogens with one attached hydrogen (secondary N) is 1. The number of hydrogen-bond donors (Lipinski definition) is 1. The highest BCUT2D eigenvalue weighted by Crippen LogP contribution is 2.17. The van der Waals surface area contributed by atoms with Crippen LogP contribution in [0.5, 0.6) is 0 Å². The number of piperidine rings is 1. The van der Waals surface area contributed by atoms with Gasteiger partial charge in [0.1, 0.15) is 0 Å². The van der Waals surface area contributed by atoms with Crippen LogP contribution in [0.25, 0.3) is 0 Å². The molecular weight excluding hydrogens is 294 g/mol. The average molecular weight is 319 g/mol. The summed E-state index contributed by atoms with van der Waals surface area (Å²) in [5.41, 5.74) is 1.74. The Morgan fingerprint density at radius 2 is 1.83 bits per heavy atom. The number of hydrogen-bond acceptors (Lipinski definition) is 4. The summed E-state index contributed by atoms with van der Waals surface area (Å²) in [5, 5.41) is 2.99. The molecule has 0 aromatic heterocycles. The van der Waals surface area contributed by atoms with Gasteiger partial charge in [0.25, 0.3) is 5.91 Å². The third-order valence-corrected chi connectivity index (χ3v) is 4.24. The maximum atomic E-state index is 12.2. The lowest BCUT2D eigenvalue weighted by Crippen LogP contribution is -2.41. The second-order valence-electron chi connectivity index (χ2n) is 6.05. The summed E-state index contributed by atoms with van der Waals surface area (Å²) >= 11 is 0. The highest BCUT2D eigenvalue weighted by atomic mass is 16.5. The number of carbonyl (C=O) groups is 2. The fourth-order valence-electron chi connectivity index (χ4n) is 2.70. The average Bonchev–Trinajstić information content (AvgIpc) is 2.59. The first-order chi connectivity index (χ1) is 11.0. The van der Waals surface area contributed by atoms with Crippen molar-refractivity contribution in [1.82, 2.24) is 10.2 Å². The van der Waals surface area contributed by atoms with E-state index < -0.39 is 0 Å². The topological polar surface area (TPSA) is 61.9 Å². The van der Waals surface area contributed by atoms with Gasteiger partial charge in [-0.1, -0.05) is 0 Å². The fourth-order valence-corrected chi connectivity index (χ4v) is 2.70. The molecule has 1 heterocycles. The molecule has 2 amide bonds. The molecule has 0 radical (unpaired) electrons. The van der Waals surface area contributed by atoms with Gasteiger partial charge in [-0.25, -0.2) is 4.79 Å². The minimum absolute atomic E-state index is 0.0503. The third-order valence-electron chi connectivity index (χ3n) is 4.24. The summed E-state index contributed by atoms with van der Waals surface area (Å²) in [4.78, 5) is 27.3. The molecule has 2 rings (SSSR count). The molecule has 1 aliphatic heterocycles. The second-order valence-corrected chi connectivity index (χ2v) is 6.05. The third kappa shape index (κ3) is 4.61. The number of benzene rings is 1. The van der Waals surface area contributed by atoms with E-state index in [2.05, 4.69) is 5.32 Å². The molecule has 1 N–H and O–H groups in total. The van der Waals surface area contributed by atoms with Crippen molar-refractivity contribution in [3.05, 3.63) is 29.8 Å². The lowest BCUT2D eigenvalue weighted by atomic mass is 9.97. The number of amides is 2. The van der Waals surface area contributed by atoms with Crippen LogP contribution in [0.3, 0.4) is 0 Å². The number of anilines is 1. The fraction of sp³-hybridized carbons (Fsp3) is 0.529. The number of likely N-dealkylation sites (tertiary alicyclic amines) is 1. The van der Waals surface area contributed by atoms with Crippen LogP contribution in [0.4, 0.5) is 10.5 Å². The molecule has 0 unspecified atom stereocenters. The van der Waals surface area contributed by atoms with Crippen molar-refractivity contribution >= 4 is 17.7 Å². The summed E-state index contributed by atoms with van der Waals surface area (Å²) in [6.45, 7) is 2.01. The Labute approximate surface area is 137 Å². The van der Waals surface area contributed by atoms with Gasteiger partial charge in [0.2, 0.25) is 0 Å². The van der Waals surface area contributed by atoms with Gasteiger partial charge in [-0.2, -0.15) is 0 Å². The Morgan fingerprint density at radius 1 is 1.22 bits per heavy atom. The lowest BCUT2D eigenvalue weighted by Gasteiger charge is -2.30. The Morgan fingerprint density at radius 3 is 2.35 bits per heavy atom. The molecule has 0 bridgehead atoms. The molecule has 0 saturated carbocycles. The molecule has 23 heavy (non-hydrogen) atoms. The highest BCUT2D eigenvalue weighted by Gasteiger charge is 2.23. The second kappa shape index (κ2) is 7.85. The van der Waals surface area contributed by atoms with Crippen molar-refractivity contribution in [2.45, 2.75) is 12.8 Å². The number of rotatable bonds is 4. The summed E-state index contributed by atoms with van der Waals surface area (Å²) in [6, 6.07) is 7.54. The van der Waals surface area contributed by atoms with E-state index in [-0.39, 0.29) is 12.0 Å². The first kappa shape index (κ1) is 17.1. The maximum absolute atomic E-state index is 12.2. The van der Waals surface area contributed by atoms with Crippen LogP contribution in [0, 0.1) is 5.92 Å². The highest BCUT2D eigenvalue weighted by molar-refractivity contribution is 5.94. The summed E-state index contributed by atoms with van der Waals surface area (Å²) < 4.78 is 4.72. The SMILES string of the molecule is COC(=O)N1CCC(CNC(=O)c2ccc(N(C)C)cc2)CC1. The van der Waals surface area contributed by atoms with Crippen LogP contribution in [-0.4, -0.2) is 57.7 Å². The standard InChI is InChI=1S/C17H25N3O3/c1-19(2)15-6-4-14(5-7-15)16(21)18-12-13-8-10-20(11-9-13)17(22)23-3/h4-7,13H,8-12H2,1-3H3,(H,18,21). The van der Waals surface area contributed by atoms with E-state index in [0.29, 0.717) is 31.1 Å². The molecule has 1 fully saturated rings. The molecule has 1 aromatic rings. The van der Waals surface area contributed by atoms with Crippen LogP contribution in [-0.2, 0) is 4.74 Å². The predicted molar refractivity (Wildman–Crippen MR) is 89.8 cm³/mol. The quantitative estimate of drug-likeness (QED) is 0.921. The van der Waals surface area contributed by atoms with E-state index in [0.717, 1.165) is 18.5 Å². The van der Waals surface area contributed by atoms with Crippen molar-refractivity contribution < 1.29 is 14.3 Å². The van der Waals surface area contributed by atoms with Gasteiger partial charge in [-0.15, -0.1) is 0 Å². The summed E-state index contributed by atoms with van der Waals surface area (Å²) in [7, 11) is 5.34. The normalized spacial score (nSPS) is 15.2. The Balaban J connectivity index is 1.78. The van der Waals surface area contributed by atoms with Gasteiger partial charge < -0.3 is 19.9 Å². The lowest BCUT2D eigenvalue weighted by molar-refractivity contribution is 0.0914. The van der Waals surface area contributed by atoms with Gasteiger partial charge in [-0.05, 0) is 43.0 Å². The van der Waals surface area contributed by atoms with Crippen LogP contribution < -0.4 is 10.2 Å². The van der Waals surface area contributed by atoms with Crippen LogP contribution >= 0.6 is 0 Å². The largest absolute Gasteiger partial charge is 0.453 e. The van der Waals surface area contributed by atoms with Crippen molar-refractivity contribution in [1.29, 1.82) is 0 Å². The zero-order valence-electron chi connectivity index (χ0n) is 14.0. The molecular formula is C17H25N3O3. The van der Waals surface area contributed by atoms with Crippen molar-refractivity contribution in [2.24, 2.45) is 5.92 Å². The molecule has 6 nitrogen and oxygen atoms in total. The van der Waals surface area contributed by atoms with Gasteiger partial charge in [0.15, 0.2) is 0 Å². The van der Waals surface area contributed by atoms with Gasteiger partial charge in [0, 0.05) is 45.0 Å². The molecule has 0 atom stereocenters. The van der Waals surface area contributed by atoms with Crippen molar-refractivity contribution in [3.63, 3.8) is 0 Å². The maximum Gasteiger partial charge on any atom is 0.409 e. The zero-order valence-corrected chi connectivity index (χ0v) is 14.0. The van der Waals surface area contributed by atoms with E-state index in [1.54, 1.807) is 4.90 Å². The number of ether oxygens (including phenoxy) is 1. The Hall–Kier alpha value is -2.24. The molecule has 126 valence electrons. The van der Waals surface area contributed by atoms with Gasteiger partial charge in [-0.3, -0.25) is 4.79 Å². The summed E-state index contributed by atoms with van der Waals surface area (Å²) in [5.74, 6) is 0.353. The van der Waals surface area contributed by atoms with Crippen molar-refractivity contribution in [2.75, 3.05) is 45.7 Å². The Bertz CT molecular complexity index is 535. The minimum atomic E-state index is -0.270. The van der Waals surface area contributed by atoms with Crippen LogP contribution in [0.2, 0.25) is 0 Å². The summed E-state index contributed by atoms with van der Waals surface area (Å²) in [6.07, 6.45) is 1.50. The van der Waals surface area contributed by atoms with E-state index >= 15 is 0 Å². The molecule has 0 spiro atoms. The van der Waals surface area contributed by atoms with Crippen LogP contribution in [0.15, 0.2) is 24.3 Å². The zero-order chi connectivity index (χ0) is 16.8. The first-order valence-electron chi connectivity index (χ1n) is 7.89. The molecule has 1 aromatic carbocycles. The minimum Gasteiger partial charge on any atom is -0.453 e. The number of methoxy groups -OCH3 is 1. The van der Waals surface area contributed by atoms with E-state index in [1.165, 1.54) is 7.11 Å². The molecule has 1 aliphatic rings. The van der Waals surface area contributed by atoms with Gasteiger partial charge >= 0.3 is 6.09 Å². The van der Waals surface area contributed by atoms with Crippen LogP contribution in [0.1, 0.15) is 23.2 Å². The predicted octanol–water partition coefficient (Wildman–Crippen LogP) is 1.96. The Kier molecular flexibility index (Phi) is 5.84. The van der Waals surface area contributed by atoms with E-state index in [1.807, 2.05) is 43.3 Å². The molecule has 0 aliphatic carbocycles. The van der Waals surface area contributed by atoms with E-state index in [4.69, 9.17) is 4.74 Å². The number of carbonyl (C=O) groups excluding carboxylic acids is 2. The molecule has 6 heteroatoms. The van der Waals surface area contributed by atoms with Crippen molar-refractivity contribution in [3.8, 4) is 0 Å². The number of nitrogens with zero attached hydrogens (tertiary/aromatic N) is 2. The molecule has 1 saturated heterocycles. The van der Waals surface area contributed by atoms with Gasteiger partial charge in [0.05, 0.1) is 7.11 Å².